The van der Waals surface area contributed by atoms with Crippen molar-refractivity contribution in [2.45, 2.75) is 11.1 Å². The third-order valence-electron chi connectivity index (χ3n) is 4.69. The lowest BCUT2D eigenvalue weighted by atomic mass is 10.1. The number of piperazine rings is 1. The molecule has 8 nitrogen and oxygen atoms in total. The fourth-order valence-corrected chi connectivity index (χ4v) is 4.62. The number of non-ortho nitro benzene ring substituents is 1. The molecule has 30 heavy (non-hydrogen) atoms. The normalized spacial score (nSPS) is 15.6. The average molecular weight is 440 g/mol. The maximum absolute atomic E-state index is 12.9. The number of nitro benzene ring substituents is 1. The standard InChI is InChI=1S/C18H15F3N4O4S/c19-18(20,21)14-2-1-3-16(11-14)30(28,29)24-8-6-23(7-9-24)17-5-4-15(25(26)27)10-13(17)12-22/h1-5,10-11H,6-9H2. The SMILES string of the molecule is N#Cc1cc([N+](=O)[O-])ccc1N1CCN(S(=O)(=O)c2cccc(C(F)(F)F)c2)CC1. The number of benzene rings is 2. The molecule has 1 aliphatic heterocycles. The zero-order chi connectivity index (χ0) is 22.1. The van der Waals surface area contributed by atoms with Crippen LogP contribution in [0.3, 0.4) is 0 Å². The van der Waals surface area contributed by atoms with E-state index in [1.165, 1.54) is 12.1 Å². The molecular weight excluding hydrogens is 425 g/mol. The molecule has 0 spiro atoms. The van der Waals surface area contributed by atoms with Crippen LogP contribution in [0, 0.1) is 21.4 Å². The first-order valence-corrected chi connectivity index (χ1v) is 10.1. The first kappa shape index (κ1) is 21.5. The third-order valence-corrected chi connectivity index (χ3v) is 6.58. The van der Waals surface area contributed by atoms with Crippen LogP contribution in [0.4, 0.5) is 24.5 Å². The Kier molecular flexibility index (Phi) is 5.69. The molecule has 0 N–H and O–H groups in total. The Morgan fingerprint density at radius 1 is 1.07 bits per heavy atom. The number of nitro groups is 1. The van der Waals surface area contributed by atoms with Crippen LogP contribution in [0.5, 0.6) is 0 Å². The van der Waals surface area contributed by atoms with Crippen LogP contribution in [0.15, 0.2) is 47.4 Å². The summed E-state index contributed by atoms with van der Waals surface area (Å²) in [6.45, 7) is 0.316. The van der Waals surface area contributed by atoms with Crippen molar-refractivity contribution in [3.63, 3.8) is 0 Å². The Morgan fingerprint density at radius 2 is 1.73 bits per heavy atom. The fourth-order valence-electron chi connectivity index (χ4n) is 3.15. The maximum atomic E-state index is 12.9. The molecule has 12 heteroatoms. The van der Waals surface area contributed by atoms with Crippen molar-refractivity contribution < 1.29 is 26.5 Å². The number of hydrogen-bond acceptors (Lipinski definition) is 6. The minimum absolute atomic E-state index is 0.0135. The van der Waals surface area contributed by atoms with Crippen LogP contribution in [-0.2, 0) is 16.2 Å². The summed E-state index contributed by atoms with van der Waals surface area (Å²) in [5.41, 5.74) is -0.773. The Labute approximate surface area is 169 Å². The van der Waals surface area contributed by atoms with Crippen molar-refractivity contribution in [2.75, 3.05) is 31.1 Å². The summed E-state index contributed by atoms with van der Waals surface area (Å²) in [6, 6.07) is 9.27. The molecule has 1 heterocycles. The highest BCUT2D eigenvalue weighted by Crippen LogP contribution is 2.32. The number of nitrogens with zero attached hydrogens (tertiary/aromatic N) is 4. The molecule has 0 atom stereocenters. The zero-order valence-corrected chi connectivity index (χ0v) is 16.2. The first-order valence-electron chi connectivity index (χ1n) is 8.65. The monoisotopic (exact) mass is 440 g/mol. The number of halogens is 3. The van der Waals surface area contributed by atoms with Crippen LogP contribution in [-0.4, -0.2) is 43.8 Å². The van der Waals surface area contributed by atoms with E-state index in [2.05, 4.69) is 0 Å². The first-order chi connectivity index (χ1) is 14.0. The lowest BCUT2D eigenvalue weighted by Crippen LogP contribution is -2.48. The van der Waals surface area contributed by atoms with Crippen molar-refractivity contribution >= 4 is 21.4 Å². The van der Waals surface area contributed by atoms with Gasteiger partial charge in [-0.15, -0.1) is 0 Å². The molecule has 3 rings (SSSR count). The quantitative estimate of drug-likeness (QED) is 0.534. The zero-order valence-electron chi connectivity index (χ0n) is 15.3. The Balaban J connectivity index is 1.79. The number of alkyl halides is 3. The molecule has 158 valence electrons. The van der Waals surface area contributed by atoms with E-state index in [1.54, 1.807) is 4.90 Å². The number of anilines is 1. The maximum Gasteiger partial charge on any atom is 0.416 e. The van der Waals surface area contributed by atoms with Crippen molar-refractivity contribution in [3.05, 3.63) is 63.7 Å². The predicted molar refractivity (Wildman–Crippen MR) is 100 cm³/mol. The number of hydrogen-bond donors (Lipinski definition) is 0. The smallest absolute Gasteiger partial charge is 0.368 e. The highest BCUT2D eigenvalue weighted by Gasteiger charge is 2.34. The van der Waals surface area contributed by atoms with Crippen molar-refractivity contribution in [1.82, 2.24) is 4.31 Å². The van der Waals surface area contributed by atoms with E-state index in [9.17, 15) is 37.0 Å². The van der Waals surface area contributed by atoms with E-state index in [1.807, 2.05) is 6.07 Å². The van der Waals surface area contributed by atoms with E-state index in [-0.39, 0.29) is 37.4 Å². The van der Waals surface area contributed by atoms with E-state index < -0.39 is 31.6 Å². The highest BCUT2D eigenvalue weighted by molar-refractivity contribution is 7.89. The molecule has 0 bridgehead atoms. The van der Waals surface area contributed by atoms with Crippen molar-refractivity contribution in [1.29, 1.82) is 5.26 Å². The molecule has 0 radical (unpaired) electrons. The van der Waals surface area contributed by atoms with Gasteiger partial charge in [-0.2, -0.15) is 22.7 Å². The van der Waals surface area contributed by atoms with Gasteiger partial charge in [-0.3, -0.25) is 10.1 Å². The summed E-state index contributed by atoms with van der Waals surface area (Å²) in [6.07, 6.45) is -4.66. The second kappa shape index (κ2) is 7.92. The highest BCUT2D eigenvalue weighted by atomic mass is 32.2. The van der Waals surface area contributed by atoms with Gasteiger partial charge in [0.2, 0.25) is 10.0 Å². The molecule has 2 aromatic rings. The summed E-state index contributed by atoms with van der Waals surface area (Å²) < 4.78 is 65.3. The van der Waals surface area contributed by atoms with Crippen LogP contribution in [0.25, 0.3) is 0 Å². The Hall–Kier alpha value is -3.17. The molecule has 0 amide bonds. The van der Waals surface area contributed by atoms with Gasteiger partial charge in [0.1, 0.15) is 6.07 Å². The minimum Gasteiger partial charge on any atom is -0.368 e. The van der Waals surface area contributed by atoms with E-state index in [4.69, 9.17) is 0 Å². The third kappa shape index (κ3) is 4.22. The second-order valence-corrected chi connectivity index (χ2v) is 8.43. The summed E-state index contributed by atoms with van der Waals surface area (Å²) in [5, 5.41) is 20.1. The number of rotatable bonds is 4. The van der Waals surface area contributed by atoms with Gasteiger partial charge in [0.05, 0.1) is 26.6 Å². The summed E-state index contributed by atoms with van der Waals surface area (Å²) in [4.78, 5) is 11.5. The van der Waals surface area contributed by atoms with Gasteiger partial charge in [0.15, 0.2) is 0 Å². The van der Waals surface area contributed by atoms with Gasteiger partial charge in [0.25, 0.3) is 5.69 Å². The van der Waals surface area contributed by atoms with Gasteiger partial charge >= 0.3 is 6.18 Å². The van der Waals surface area contributed by atoms with Crippen LogP contribution in [0.1, 0.15) is 11.1 Å². The average Bonchev–Trinajstić information content (AvgIpc) is 2.72. The van der Waals surface area contributed by atoms with E-state index in [0.717, 1.165) is 28.6 Å². The molecule has 1 fully saturated rings. The van der Waals surface area contributed by atoms with Gasteiger partial charge in [-0.1, -0.05) is 6.07 Å². The lowest BCUT2D eigenvalue weighted by molar-refractivity contribution is -0.384. The predicted octanol–water partition coefficient (Wildman–Crippen LogP) is 3.00. The van der Waals surface area contributed by atoms with E-state index in [0.29, 0.717) is 11.8 Å². The van der Waals surface area contributed by atoms with E-state index >= 15 is 0 Å². The Morgan fingerprint density at radius 3 is 2.30 bits per heavy atom. The summed E-state index contributed by atoms with van der Waals surface area (Å²) in [7, 11) is -4.13. The molecule has 0 unspecified atom stereocenters. The molecule has 0 aromatic heterocycles. The van der Waals surface area contributed by atoms with Crippen LogP contribution in [0.2, 0.25) is 0 Å². The topological polar surface area (TPSA) is 108 Å². The summed E-state index contributed by atoms with van der Waals surface area (Å²) >= 11 is 0. The molecule has 2 aromatic carbocycles. The molecular formula is C18H15F3N4O4S. The number of nitriles is 1. The van der Waals surface area contributed by atoms with Gasteiger partial charge in [-0.25, -0.2) is 8.42 Å². The molecule has 0 saturated carbocycles. The second-order valence-electron chi connectivity index (χ2n) is 6.49. The van der Waals surface area contributed by atoms with Crippen LogP contribution < -0.4 is 4.90 Å². The number of sulfonamides is 1. The molecule has 0 aliphatic carbocycles. The van der Waals surface area contributed by atoms with Crippen molar-refractivity contribution in [2.24, 2.45) is 0 Å². The fraction of sp³-hybridized carbons (Fsp3) is 0.278. The van der Waals surface area contributed by atoms with Gasteiger partial charge < -0.3 is 4.90 Å². The molecule has 1 saturated heterocycles. The Bertz CT molecular complexity index is 1120. The largest absolute Gasteiger partial charge is 0.416 e. The lowest BCUT2D eigenvalue weighted by Gasteiger charge is -2.35. The summed E-state index contributed by atoms with van der Waals surface area (Å²) in [5.74, 6) is 0. The van der Waals surface area contributed by atoms with Crippen LogP contribution >= 0.6 is 0 Å². The van der Waals surface area contributed by atoms with Gasteiger partial charge in [-0.05, 0) is 24.3 Å². The minimum atomic E-state index is -4.66. The van der Waals surface area contributed by atoms with Crippen molar-refractivity contribution in [3.8, 4) is 6.07 Å². The molecule has 1 aliphatic rings. The van der Waals surface area contributed by atoms with Gasteiger partial charge in [0, 0.05) is 38.3 Å².